The predicted octanol–water partition coefficient (Wildman–Crippen LogP) is 4.77. The maximum absolute atomic E-state index is 11.5. The lowest BCUT2D eigenvalue weighted by atomic mass is 10.3. The van der Waals surface area contributed by atoms with E-state index in [9.17, 15) is 18.3 Å². The number of thiazole rings is 1. The highest BCUT2D eigenvalue weighted by Crippen LogP contribution is 2.47. The van der Waals surface area contributed by atoms with Crippen molar-refractivity contribution in [2.75, 3.05) is 17.2 Å². The van der Waals surface area contributed by atoms with Gasteiger partial charge in [0.25, 0.3) is 15.1 Å². The molecule has 2 aromatic carbocycles. The number of thioether (sulfide) groups is 1. The van der Waals surface area contributed by atoms with Crippen LogP contribution in [0.2, 0.25) is 10.0 Å². The molecule has 0 saturated carbocycles. The quantitative estimate of drug-likeness (QED) is 0.334. The normalized spacial score (nSPS) is 15.0. The van der Waals surface area contributed by atoms with Crippen LogP contribution in [0.25, 0.3) is 16.3 Å². The standard InChI is InChI=1S/C20H16Cl2N2O5S3/c21-12-2-4-16-14(8-12)23(6-1-7-32(27,28)29)18(30-16)10-19-24(11-20(25)26)15-9-13(22)3-5-17(15)31-19/h2-5,8-10H,1,6-7,11H2,(H-,25,26,27,28,29)/p+1. The number of carbonyl (C=O) groups is 1. The average Bonchev–Trinajstić information content (AvgIpc) is 3.19. The van der Waals surface area contributed by atoms with Crippen LogP contribution >= 0.6 is 46.3 Å². The molecule has 0 unspecified atom stereocenters. The number of hydrogen-bond donors (Lipinski definition) is 2. The molecule has 3 aromatic rings. The van der Waals surface area contributed by atoms with Crippen molar-refractivity contribution in [3.8, 4) is 0 Å². The highest BCUT2D eigenvalue weighted by Gasteiger charge is 2.29. The van der Waals surface area contributed by atoms with Gasteiger partial charge < -0.3 is 10.0 Å². The molecule has 32 heavy (non-hydrogen) atoms. The molecule has 2 heterocycles. The minimum absolute atomic E-state index is 0.208. The molecule has 0 amide bonds. The third kappa shape index (κ3) is 5.22. The molecule has 0 radical (unpaired) electrons. The summed E-state index contributed by atoms with van der Waals surface area (Å²) in [6.07, 6.45) is 2.09. The van der Waals surface area contributed by atoms with E-state index in [1.807, 2.05) is 22.8 Å². The second kappa shape index (κ2) is 9.20. The van der Waals surface area contributed by atoms with Crippen LogP contribution in [-0.4, -0.2) is 36.3 Å². The van der Waals surface area contributed by atoms with Gasteiger partial charge in [0.2, 0.25) is 5.52 Å². The fraction of sp³-hybridized carbons (Fsp3) is 0.200. The molecule has 168 valence electrons. The molecule has 12 heteroatoms. The first-order chi connectivity index (χ1) is 15.1. The highest BCUT2D eigenvalue weighted by atomic mass is 35.5. The van der Waals surface area contributed by atoms with Crippen LogP contribution in [0.4, 0.5) is 5.69 Å². The van der Waals surface area contributed by atoms with Gasteiger partial charge in [0.15, 0.2) is 6.54 Å². The van der Waals surface area contributed by atoms with Gasteiger partial charge in [-0.3, -0.25) is 9.35 Å². The van der Waals surface area contributed by atoms with Crippen molar-refractivity contribution in [2.24, 2.45) is 0 Å². The summed E-state index contributed by atoms with van der Waals surface area (Å²) >= 11 is 15.2. The van der Waals surface area contributed by atoms with Gasteiger partial charge in [0.1, 0.15) is 11.2 Å². The molecular weight excluding hydrogens is 515 g/mol. The maximum Gasteiger partial charge on any atom is 0.323 e. The van der Waals surface area contributed by atoms with Crippen molar-refractivity contribution in [3.05, 3.63) is 56.5 Å². The molecule has 1 aliphatic heterocycles. The van der Waals surface area contributed by atoms with E-state index >= 15 is 0 Å². The lowest BCUT2D eigenvalue weighted by Crippen LogP contribution is -2.36. The summed E-state index contributed by atoms with van der Waals surface area (Å²) in [5.74, 6) is -1.34. The van der Waals surface area contributed by atoms with E-state index in [2.05, 4.69) is 0 Å². The number of nitrogens with zero attached hydrogens (tertiary/aromatic N) is 2. The Hall–Kier alpha value is -1.82. The molecule has 0 bridgehead atoms. The molecule has 0 atom stereocenters. The number of aromatic nitrogens is 1. The number of benzene rings is 2. The smallest absolute Gasteiger partial charge is 0.323 e. The number of carboxylic acid groups (broad SMARTS) is 1. The van der Waals surface area contributed by atoms with Gasteiger partial charge in [-0.25, -0.2) is 0 Å². The van der Waals surface area contributed by atoms with Gasteiger partial charge in [0.05, 0.1) is 22.5 Å². The number of aliphatic carboxylic acids is 1. The van der Waals surface area contributed by atoms with Crippen molar-refractivity contribution in [1.29, 1.82) is 0 Å². The van der Waals surface area contributed by atoms with Crippen molar-refractivity contribution in [2.45, 2.75) is 17.9 Å². The molecule has 1 aromatic heterocycles. The lowest BCUT2D eigenvalue weighted by molar-refractivity contribution is -0.668. The number of carboxylic acids is 1. The molecule has 0 fully saturated rings. The van der Waals surface area contributed by atoms with Crippen LogP contribution in [-0.2, 0) is 21.5 Å². The van der Waals surface area contributed by atoms with Crippen molar-refractivity contribution in [1.82, 2.24) is 0 Å². The Morgan fingerprint density at radius 3 is 2.59 bits per heavy atom. The molecule has 0 aliphatic carbocycles. The fourth-order valence-corrected chi connectivity index (χ4v) is 6.49. The number of anilines is 1. The second-order valence-electron chi connectivity index (χ2n) is 7.02. The first kappa shape index (κ1) is 23.3. The summed E-state index contributed by atoms with van der Waals surface area (Å²) < 4.78 is 34.3. The van der Waals surface area contributed by atoms with Crippen LogP contribution in [0.1, 0.15) is 11.4 Å². The molecule has 2 N–H and O–H groups in total. The zero-order valence-corrected chi connectivity index (χ0v) is 20.3. The number of halogens is 2. The summed E-state index contributed by atoms with van der Waals surface area (Å²) in [7, 11) is -4.08. The number of aryl methyl sites for hydroxylation is 1. The van der Waals surface area contributed by atoms with E-state index in [0.717, 1.165) is 25.8 Å². The van der Waals surface area contributed by atoms with Crippen molar-refractivity contribution >= 4 is 84.4 Å². The van der Waals surface area contributed by atoms with Gasteiger partial charge in [-0.15, -0.1) is 0 Å². The van der Waals surface area contributed by atoms with Crippen LogP contribution in [0.15, 0.2) is 46.3 Å². The Balaban J connectivity index is 1.78. The zero-order valence-electron chi connectivity index (χ0n) is 16.4. The van der Waals surface area contributed by atoms with E-state index in [1.54, 1.807) is 29.2 Å². The SMILES string of the molecule is O=C(O)CN1C(=Cc2sc3ccc(Cl)cc3[n+]2CCCS(=O)(=O)O)Sc2ccc(Cl)cc21. The van der Waals surface area contributed by atoms with Gasteiger partial charge in [-0.2, -0.15) is 13.0 Å². The van der Waals surface area contributed by atoms with E-state index in [4.69, 9.17) is 27.8 Å². The molecule has 0 spiro atoms. The van der Waals surface area contributed by atoms with Crippen LogP contribution < -0.4 is 9.47 Å². The Morgan fingerprint density at radius 2 is 1.88 bits per heavy atom. The minimum Gasteiger partial charge on any atom is -0.480 e. The van der Waals surface area contributed by atoms with E-state index in [-0.39, 0.29) is 18.7 Å². The van der Waals surface area contributed by atoms with Crippen LogP contribution in [0.3, 0.4) is 0 Å². The summed E-state index contributed by atoms with van der Waals surface area (Å²) in [5.41, 5.74) is 1.55. The van der Waals surface area contributed by atoms with Gasteiger partial charge in [-0.1, -0.05) is 46.3 Å². The first-order valence-corrected chi connectivity index (χ1v) is 13.4. The Labute approximate surface area is 202 Å². The largest absolute Gasteiger partial charge is 0.480 e. The third-order valence-electron chi connectivity index (χ3n) is 4.71. The Kier molecular flexibility index (Phi) is 6.71. The van der Waals surface area contributed by atoms with Gasteiger partial charge >= 0.3 is 5.97 Å². The van der Waals surface area contributed by atoms with Crippen LogP contribution in [0, 0.1) is 0 Å². The Bertz CT molecular complexity index is 1350. The Morgan fingerprint density at radius 1 is 1.16 bits per heavy atom. The van der Waals surface area contributed by atoms with Crippen molar-refractivity contribution < 1.29 is 27.4 Å². The monoisotopic (exact) mass is 531 g/mol. The summed E-state index contributed by atoms with van der Waals surface area (Å²) in [4.78, 5) is 14.1. The van der Waals surface area contributed by atoms with E-state index in [1.165, 1.54) is 23.1 Å². The minimum atomic E-state index is -4.08. The molecule has 7 nitrogen and oxygen atoms in total. The number of hydrogen-bond acceptors (Lipinski definition) is 6. The highest BCUT2D eigenvalue weighted by molar-refractivity contribution is 8.03. The number of fused-ring (bicyclic) bond motifs is 2. The van der Waals surface area contributed by atoms with E-state index in [0.29, 0.717) is 21.6 Å². The maximum atomic E-state index is 11.5. The first-order valence-electron chi connectivity index (χ1n) is 9.36. The third-order valence-corrected chi connectivity index (χ3v) is 8.21. The summed E-state index contributed by atoms with van der Waals surface area (Å²) in [6.45, 7) is 0.104. The van der Waals surface area contributed by atoms with Gasteiger partial charge in [0, 0.05) is 27.4 Å². The van der Waals surface area contributed by atoms with E-state index < -0.39 is 16.1 Å². The molecule has 1 aliphatic rings. The summed E-state index contributed by atoms with van der Waals surface area (Å²) in [6, 6.07) is 10.8. The van der Waals surface area contributed by atoms with Gasteiger partial charge in [-0.05, 0) is 30.3 Å². The predicted molar refractivity (Wildman–Crippen MR) is 128 cm³/mol. The van der Waals surface area contributed by atoms with Crippen molar-refractivity contribution in [3.63, 3.8) is 0 Å². The fourth-order valence-electron chi connectivity index (χ4n) is 3.40. The summed E-state index contributed by atoms with van der Waals surface area (Å²) in [5, 5.41) is 12.0. The lowest BCUT2D eigenvalue weighted by Gasteiger charge is -2.17. The second-order valence-corrected chi connectivity index (χ2v) is 11.6. The number of rotatable bonds is 7. The van der Waals surface area contributed by atoms with Crippen LogP contribution in [0.5, 0.6) is 0 Å². The average molecular weight is 532 g/mol. The zero-order chi connectivity index (χ0) is 23.0. The molecular formula is C20H17Cl2N2O5S3+. The molecule has 4 rings (SSSR count). The topological polar surface area (TPSA) is 98.8 Å². The molecule has 0 saturated heterocycles.